The van der Waals surface area contributed by atoms with Crippen molar-refractivity contribution in [2.45, 2.75) is 43.0 Å². The van der Waals surface area contributed by atoms with E-state index in [1.54, 1.807) is 6.92 Å². The molecule has 1 aliphatic rings. The topological polar surface area (TPSA) is 79.4 Å². The molecule has 0 saturated carbocycles. The van der Waals surface area contributed by atoms with E-state index >= 15 is 0 Å². The van der Waals surface area contributed by atoms with Gasteiger partial charge in [-0.1, -0.05) is 36.9 Å². The fourth-order valence-electron chi connectivity index (χ4n) is 3.33. The van der Waals surface area contributed by atoms with E-state index in [0.717, 1.165) is 5.56 Å². The number of nitrogens with zero attached hydrogens (tertiary/aromatic N) is 2. The summed E-state index contributed by atoms with van der Waals surface area (Å²) in [4.78, 5) is 16.0. The second-order valence-electron chi connectivity index (χ2n) is 6.66. The summed E-state index contributed by atoms with van der Waals surface area (Å²) in [7, 11) is -3.63. The van der Waals surface area contributed by atoms with Crippen LogP contribution in [0.25, 0.3) is 10.6 Å². The molecule has 3 rings (SSSR count). The van der Waals surface area contributed by atoms with Crippen LogP contribution in [0.5, 0.6) is 0 Å². The zero-order valence-electron chi connectivity index (χ0n) is 15.4. The number of sulfonamides is 1. The van der Waals surface area contributed by atoms with Gasteiger partial charge in [-0.05, 0) is 32.8 Å². The highest BCUT2D eigenvalue weighted by Gasteiger charge is 2.37. The molecule has 8 heteroatoms. The summed E-state index contributed by atoms with van der Waals surface area (Å²) in [5.41, 5.74) is 1.43. The SMILES string of the molecule is C=CC(=O)NC1CCN(S(=O)(=O)c2sc(-c3ccccc3)nc2C)C(C)C1. The Kier molecular flexibility index (Phi) is 5.78. The fraction of sp³-hybridized carbons (Fsp3) is 0.368. The molecule has 1 fully saturated rings. The lowest BCUT2D eigenvalue weighted by Crippen LogP contribution is -2.50. The third-order valence-corrected chi connectivity index (χ3v) is 8.47. The number of aryl methyl sites for hydroxylation is 1. The summed E-state index contributed by atoms with van der Waals surface area (Å²) >= 11 is 1.21. The molecule has 144 valence electrons. The lowest BCUT2D eigenvalue weighted by Gasteiger charge is -2.36. The number of aromatic nitrogens is 1. The van der Waals surface area contributed by atoms with Crippen molar-refractivity contribution in [2.24, 2.45) is 0 Å². The van der Waals surface area contributed by atoms with Crippen molar-refractivity contribution in [3.8, 4) is 10.6 Å². The minimum atomic E-state index is -3.63. The van der Waals surface area contributed by atoms with E-state index in [1.807, 2.05) is 37.3 Å². The molecule has 0 bridgehead atoms. The van der Waals surface area contributed by atoms with Crippen molar-refractivity contribution in [2.75, 3.05) is 6.54 Å². The highest BCUT2D eigenvalue weighted by Crippen LogP contribution is 2.34. The predicted molar refractivity (Wildman–Crippen MR) is 107 cm³/mol. The molecule has 1 aromatic heterocycles. The highest BCUT2D eigenvalue weighted by atomic mass is 32.2. The molecule has 1 saturated heterocycles. The molecule has 2 aromatic rings. The zero-order chi connectivity index (χ0) is 19.6. The Balaban J connectivity index is 1.82. The number of hydrogen-bond donors (Lipinski definition) is 1. The van der Waals surface area contributed by atoms with Crippen LogP contribution in [0.4, 0.5) is 0 Å². The molecule has 2 atom stereocenters. The lowest BCUT2D eigenvalue weighted by atomic mass is 10.0. The van der Waals surface area contributed by atoms with E-state index in [-0.39, 0.29) is 18.0 Å². The van der Waals surface area contributed by atoms with Gasteiger partial charge in [-0.2, -0.15) is 4.31 Å². The zero-order valence-corrected chi connectivity index (χ0v) is 17.0. The normalized spacial score (nSPS) is 21.0. The maximum atomic E-state index is 13.2. The Hall–Kier alpha value is -2.03. The van der Waals surface area contributed by atoms with E-state index in [1.165, 1.54) is 21.7 Å². The van der Waals surface area contributed by atoms with Gasteiger partial charge in [0.2, 0.25) is 5.91 Å². The second kappa shape index (κ2) is 7.92. The Morgan fingerprint density at radius 1 is 1.37 bits per heavy atom. The molecule has 0 radical (unpaired) electrons. The number of rotatable bonds is 5. The monoisotopic (exact) mass is 405 g/mol. The number of benzene rings is 1. The maximum Gasteiger partial charge on any atom is 0.254 e. The lowest BCUT2D eigenvalue weighted by molar-refractivity contribution is -0.117. The third-order valence-electron chi connectivity index (χ3n) is 4.66. The minimum Gasteiger partial charge on any atom is -0.350 e. The van der Waals surface area contributed by atoms with Gasteiger partial charge in [0.1, 0.15) is 5.01 Å². The quantitative estimate of drug-likeness (QED) is 0.776. The third kappa shape index (κ3) is 4.12. The summed E-state index contributed by atoms with van der Waals surface area (Å²) < 4.78 is 28.3. The second-order valence-corrected chi connectivity index (χ2v) is 9.74. The van der Waals surface area contributed by atoms with Crippen LogP contribution in [0.2, 0.25) is 0 Å². The molecule has 1 amide bonds. The predicted octanol–water partition coefficient (Wildman–Crippen LogP) is 2.96. The summed E-state index contributed by atoms with van der Waals surface area (Å²) in [6.45, 7) is 7.42. The van der Waals surface area contributed by atoms with Crippen molar-refractivity contribution >= 4 is 27.3 Å². The molecule has 27 heavy (non-hydrogen) atoms. The molecule has 2 unspecified atom stereocenters. The van der Waals surface area contributed by atoms with E-state index in [0.29, 0.717) is 34.3 Å². The van der Waals surface area contributed by atoms with Crippen LogP contribution in [-0.2, 0) is 14.8 Å². The van der Waals surface area contributed by atoms with Crippen molar-refractivity contribution < 1.29 is 13.2 Å². The first-order chi connectivity index (χ1) is 12.8. The van der Waals surface area contributed by atoms with Gasteiger partial charge in [0, 0.05) is 24.2 Å². The van der Waals surface area contributed by atoms with Crippen LogP contribution in [0.1, 0.15) is 25.5 Å². The van der Waals surface area contributed by atoms with Gasteiger partial charge in [0.05, 0.1) is 5.69 Å². The van der Waals surface area contributed by atoms with Gasteiger partial charge in [0.15, 0.2) is 4.21 Å². The number of piperidine rings is 1. The Labute approximate surface area is 164 Å². The van der Waals surface area contributed by atoms with E-state index in [4.69, 9.17) is 0 Å². The molecule has 1 N–H and O–H groups in total. The van der Waals surface area contributed by atoms with Gasteiger partial charge in [-0.3, -0.25) is 4.79 Å². The molecule has 0 aliphatic carbocycles. The fourth-order valence-corrected chi connectivity index (χ4v) is 6.62. The maximum absolute atomic E-state index is 13.2. The number of nitrogens with one attached hydrogen (secondary N) is 1. The number of hydrogen-bond acceptors (Lipinski definition) is 5. The van der Waals surface area contributed by atoms with Gasteiger partial charge in [0.25, 0.3) is 10.0 Å². The molecular formula is C19H23N3O3S2. The number of carbonyl (C=O) groups is 1. The Morgan fingerprint density at radius 2 is 2.07 bits per heavy atom. The largest absolute Gasteiger partial charge is 0.350 e. The molecule has 1 aromatic carbocycles. The van der Waals surface area contributed by atoms with Gasteiger partial charge in [-0.15, -0.1) is 11.3 Å². The van der Waals surface area contributed by atoms with Crippen molar-refractivity contribution in [3.05, 3.63) is 48.7 Å². The van der Waals surface area contributed by atoms with Crippen LogP contribution < -0.4 is 5.32 Å². The van der Waals surface area contributed by atoms with Gasteiger partial charge < -0.3 is 5.32 Å². The highest BCUT2D eigenvalue weighted by molar-refractivity contribution is 7.91. The van der Waals surface area contributed by atoms with Gasteiger partial charge >= 0.3 is 0 Å². The minimum absolute atomic E-state index is 0.0422. The molecule has 6 nitrogen and oxygen atoms in total. The first-order valence-electron chi connectivity index (χ1n) is 8.80. The van der Waals surface area contributed by atoms with Crippen LogP contribution in [0, 0.1) is 6.92 Å². The average molecular weight is 406 g/mol. The summed E-state index contributed by atoms with van der Waals surface area (Å²) in [6.07, 6.45) is 2.38. The number of thiazole rings is 1. The van der Waals surface area contributed by atoms with Crippen LogP contribution in [0.15, 0.2) is 47.2 Å². The standard InChI is InChI=1S/C19H23N3O3S2/c1-4-17(23)21-16-10-11-22(13(2)12-16)27(24,25)19-14(3)20-18(26-19)15-8-6-5-7-9-15/h4-9,13,16H,1,10-12H2,2-3H3,(H,21,23). The first-order valence-corrected chi connectivity index (χ1v) is 11.1. The number of amides is 1. The summed E-state index contributed by atoms with van der Waals surface area (Å²) in [5, 5.41) is 3.56. The molecule has 1 aliphatic heterocycles. The van der Waals surface area contributed by atoms with Crippen molar-refractivity contribution in [1.29, 1.82) is 0 Å². The first kappa shape index (κ1) is 19.7. The number of carbonyl (C=O) groups excluding carboxylic acids is 1. The average Bonchev–Trinajstić information content (AvgIpc) is 3.05. The Morgan fingerprint density at radius 3 is 2.70 bits per heavy atom. The van der Waals surface area contributed by atoms with E-state index in [2.05, 4.69) is 16.9 Å². The van der Waals surface area contributed by atoms with Crippen LogP contribution in [-0.4, -0.2) is 42.2 Å². The van der Waals surface area contributed by atoms with Crippen LogP contribution in [0.3, 0.4) is 0 Å². The molecule has 0 spiro atoms. The van der Waals surface area contributed by atoms with E-state index in [9.17, 15) is 13.2 Å². The summed E-state index contributed by atoms with van der Waals surface area (Å²) in [6, 6.07) is 9.32. The van der Waals surface area contributed by atoms with Crippen molar-refractivity contribution in [1.82, 2.24) is 14.6 Å². The van der Waals surface area contributed by atoms with Gasteiger partial charge in [-0.25, -0.2) is 13.4 Å². The molecule has 2 heterocycles. The molecular weight excluding hydrogens is 382 g/mol. The van der Waals surface area contributed by atoms with Crippen LogP contribution >= 0.6 is 11.3 Å². The summed E-state index contributed by atoms with van der Waals surface area (Å²) in [5.74, 6) is -0.227. The van der Waals surface area contributed by atoms with E-state index < -0.39 is 10.0 Å². The van der Waals surface area contributed by atoms with Crippen molar-refractivity contribution in [3.63, 3.8) is 0 Å². The smallest absolute Gasteiger partial charge is 0.254 e. The Bertz CT molecular complexity index is 938.